The van der Waals surface area contributed by atoms with Gasteiger partial charge in [-0.1, -0.05) is 0 Å². The monoisotopic (exact) mass is 122 g/mol. The third kappa shape index (κ3) is 1.19. The Labute approximate surface area is 54.5 Å². The Hall–Kier alpha value is -1.05. The van der Waals surface area contributed by atoms with Crippen LogP contribution in [0, 0.1) is 13.0 Å². The van der Waals surface area contributed by atoms with Gasteiger partial charge in [0.2, 0.25) is 5.88 Å². The quantitative estimate of drug-likeness (QED) is 0.558. The van der Waals surface area contributed by atoms with Crippen molar-refractivity contribution in [3.05, 3.63) is 23.9 Å². The molecule has 1 aromatic rings. The Bertz CT molecular complexity index is 198. The molecule has 0 aliphatic heterocycles. The van der Waals surface area contributed by atoms with Gasteiger partial charge in [0.05, 0.1) is 7.11 Å². The first-order chi connectivity index (χ1) is 4.34. The first-order valence-electron chi connectivity index (χ1n) is 2.72. The highest BCUT2D eigenvalue weighted by Gasteiger charge is 1.93. The summed E-state index contributed by atoms with van der Waals surface area (Å²) >= 11 is 0. The summed E-state index contributed by atoms with van der Waals surface area (Å²) in [6.45, 7) is 1.91. The lowest BCUT2D eigenvalue weighted by molar-refractivity contribution is 0.394. The van der Waals surface area contributed by atoms with Crippen LogP contribution in [0.5, 0.6) is 5.88 Å². The highest BCUT2D eigenvalue weighted by molar-refractivity contribution is 5.21. The van der Waals surface area contributed by atoms with E-state index < -0.39 is 0 Å². The van der Waals surface area contributed by atoms with Crippen LogP contribution in [0.4, 0.5) is 0 Å². The van der Waals surface area contributed by atoms with Crippen molar-refractivity contribution in [2.75, 3.05) is 7.11 Å². The van der Waals surface area contributed by atoms with E-state index in [1.165, 1.54) is 0 Å². The summed E-state index contributed by atoms with van der Waals surface area (Å²) in [5, 5.41) is 0. The summed E-state index contributed by atoms with van der Waals surface area (Å²) in [6, 6.07) is 4.73. The molecule has 1 aromatic heterocycles. The van der Waals surface area contributed by atoms with Crippen molar-refractivity contribution in [2.24, 2.45) is 0 Å². The predicted molar refractivity (Wildman–Crippen MR) is 34.4 cm³/mol. The average molecular weight is 122 g/mol. The Balaban J connectivity index is 3.01. The molecule has 0 fully saturated rings. The molecule has 1 heterocycles. The molecule has 0 saturated heterocycles. The van der Waals surface area contributed by atoms with Crippen molar-refractivity contribution in [2.45, 2.75) is 6.92 Å². The van der Waals surface area contributed by atoms with Gasteiger partial charge in [0, 0.05) is 11.8 Å². The number of hydrogen-bond donors (Lipinski definition) is 0. The molecule has 0 atom stereocenters. The van der Waals surface area contributed by atoms with Gasteiger partial charge in [-0.3, -0.25) is 0 Å². The maximum atomic E-state index is 4.90. The summed E-state index contributed by atoms with van der Waals surface area (Å²) in [6.07, 6.45) is 1.66. The Kier molecular flexibility index (Phi) is 1.68. The maximum absolute atomic E-state index is 4.90. The highest BCUT2D eigenvalue weighted by atomic mass is 16.5. The minimum Gasteiger partial charge on any atom is -0.481 e. The molecule has 0 amide bonds. The molecule has 0 saturated carbocycles. The van der Waals surface area contributed by atoms with Gasteiger partial charge in [0.25, 0.3) is 0 Å². The van der Waals surface area contributed by atoms with E-state index in [9.17, 15) is 0 Å². The number of rotatable bonds is 1. The third-order valence-corrected chi connectivity index (χ3v) is 1.08. The standard InChI is InChI=1S/C7H8NO/c1-6-4-3-5-8-7(6)9-2/h3,5H,1-2H3. The number of hydrogen-bond acceptors (Lipinski definition) is 2. The van der Waals surface area contributed by atoms with Crippen LogP contribution >= 0.6 is 0 Å². The summed E-state index contributed by atoms with van der Waals surface area (Å²) in [4.78, 5) is 3.94. The lowest BCUT2D eigenvalue weighted by Gasteiger charge is -1.98. The first kappa shape index (κ1) is 6.08. The van der Waals surface area contributed by atoms with Crippen LogP contribution in [0.1, 0.15) is 5.56 Å². The fourth-order valence-corrected chi connectivity index (χ4v) is 0.632. The number of pyridine rings is 1. The smallest absolute Gasteiger partial charge is 0.216 e. The van der Waals surface area contributed by atoms with E-state index in [1.54, 1.807) is 19.4 Å². The summed E-state index contributed by atoms with van der Waals surface area (Å²) in [5.74, 6) is 0.650. The number of ether oxygens (including phenoxy) is 1. The first-order valence-corrected chi connectivity index (χ1v) is 2.72. The van der Waals surface area contributed by atoms with Crippen LogP contribution < -0.4 is 4.74 Å². The van der Waals surface area contributed by atoms with Gasteiger partial charge < -0.3 is 4.74 Å². The fraction of sp³-hybridized carbons (Fsp3) is 0.286. The molecule has 0 aliphatic rings. The van der Waals surface area contributed by atoms with Crippen LogP contribution in [-0.2, 0) is 0 Å². The molecule has 2 heteroatoms. The van der Waals surface area contributed by atoms with E-state index >= 15 is 0 Å². The van der Waals surface area contributed by atoms with Crippen LogP contribution in [0.25, 0.3) is 0 Å². The molecule has 0 spiro atoms. The van der Waals surface area contributed by atoms with Crippen molar-refractivity contribution in [1.29, 1.82) is 0 Å². The molecule has 1 rings (SSSR count). The summed E-state index contributed by atoms with van der Waals surface area (Å²) < 4.78 is 4.90. The van der Waals surface area contributed by atoms with E-state index in [2.05, 4.69) is 11.1 Å². The molecule has 9 heavy (non-hydrogen) atoms. The average Bonchev–Trinajstić information content (AvgIpc) is 1.89. The zero-order valence-electron chi connectivity index (χ0n) is 5.51. The molecular formula is C7H8NO. The van der Waals surface area contributed by atoms with Gasteiger partial charge in [-0.2, -0.15) is 0 Å². The molecule has 47 valence electrons. The van der Waals surface area contributed by atoms with Gasteiger partial charge >= 0.3 is 0 Å². The number of aryl methyl sites for hydroxylation is 1. The number of methoxy groups -OCH3 is 1. The van der Waals surface area contributed by atoms with E-state index in [1.807, 2.05) is 6.92 Å². The van der Waals surface area contributed by atoms with Crippen LogP contribution in [0.2, 0.25) is 0 Å². The summed E-state index contributed by atoms with van der Waals surface area (Å²) in [5.41, 5.74) is 0.944. The molecule has 0 bridgehead atoms. The van der Waals surface area contributed by atoms with Crippen molar-refractivity contribution in [3.8, 4) is 5.88 Å². The molecule has 0 N–H and O–H groups in total. The van der Waals surface area contributed by atoms with Crippen molar-refractivity contribution in [3.63, 3.8) is 0 Å². The number of aromatic nitrogens is 1. The van der Waals surface area contributed by atoms with Crippen molar-refractivity contribution < 1.29 is 4.74 Å². The maximum Gasteiger partial charge on any atom is 0.216 e. The lowest BCUT2D eigenvalue weighted by atomic mass is 10.3. The molecule has 0 aromatic carbocycles. The molecule has 0 unspecified atom stereocenters. The fourth-order valence-electron chi connectivity index (χ4n) is 0.632. The van der Waals surface area contributed by atoms with E-state index in [0.29, 0.717) is 5.88 Å². The zero-order valence-corrected chi connectivity index (χ0v) is 5.51. The number of nitrogens with zero attached hydrogens (tertiary/aromatic N) is 1. The SMILES string of the molecule is COc1ncc[c]c1C. The second-order valence-corrected chi connectivity index (χ2v) is 1.72. The van der Waals surface area contributed by atoms with Gasteiger partial charge in [0.1, 0.15) is 0 Å². The molecule has 2 nitrogen and oxygen atoms in total. The van der Waals surface area contributed by atoms with E-state index in [0.717, 1.165) is 5.56 Å². The van der Waals surface area contributed by atoms with Gasteiger partial charge in [-0.05, 0) is 19.1 Å². The minimum atomic E-state index is 0.650. The van der Waals surface area contributed by atoms with Gasteiger partial charge in [-0.25, -0.2) is 4.98 Å². The minimum absolute atomic E-state index is 0.650. The summed E-state index contributed by atoms with van der Waals surface area (Å²) in [7, 11) is 1.60. The molecular weight excluding hydrogens is 114 g/mol. The second kappa shape index (κ2) is 2.49. The molecule has 0 aliphatic carbocycles. The Morgan fingerprint density at radius 1 is 1.67 bits per heavy atom. The van der Waals surface area contributed by atoms with Crippen LogP contribution in [0.3, 0.4) is 0 Å². The highest BCUT2D eigenvalue weighted by Crippen LogP contribution is 2.09. The van der Waals surface area contributed by atoms with Crippen LogP contribution in [0.15, 0.2) is 12.3 Å². The normalized spacial score (nSPS) is 9.11. The van der Waals surface area contributed by atoms with Crippen LogP contribution in [-0.4, -0.2) is 12.1 Å². The van der Waals surface area contributed by atoms with Crippen molar-refractivity contribution >= 4 is 0 Å². The Morgan fingerprint density at radius 3 is 2.89 bits per heavy atom. The van der Waals surface area contributed by atoms with Crippen molar-refractivity contribution in [1.82, 2.24) is 4.98 Å². The van der Waals surface area contributed by atoms with E-state index in [4.69, 9.17) is 4.74 Å². The second-order valence-electron chi connectivity index (χ2n) is 1.72. The van der Waals surface area contributed by atoms with E-state index in [-0.39, 0.29) is 0 Å². The third-order valence-electron chi connectivity index (χ3n) is 1.08. The lowest BCUT2D eigenvalue weighted by Crippen LogP contribution is -1.88. The topological polar surface area (TPSA) is 22.1 Å². The van der Waals surface area contributed by atoms with Gasteiger partial charge in [-0.15, -0.1) is 0 Å². The largest absolute Gasteiger partial charge is 0.481 e. The molecule has 1 radical (unpaired) electrons. The Morgan fingerprint density at radius 2 is 2.44 bits per heavy atom. The zero-order chi connectivity index (χ0) is 6.69. The predicted octanol–water partition coefficient (Wildman–Crippen LogP) is 1.20. The van der Waals surface area contributed by atoms with Gasteiger partial charge in [0.15, 0.2) is 0 Å².